The van der Waals surface area contributed by atoms with E-state index in [0.29, 0.717) is 0 Å². The smallest absolute Gasteiger partial charge is 0.374 e. The van der Waals surface area contributed by atoms with E-state index in [2.05, 4.69) is 14.7 Å². The number of carbonyl (C=O) groups excluding carboxylic acids is 2. The van der Waals surface area contributed by atoms with E-state index in [1.54, 1.807) is 0 Å². The topological polar surface area (TPSA) is 72.1 Å². The third kappa shape index (κ3) is 1.89. The molecule has 1 heterocycles. The molecule has 0 spiro atoms. The van der Waals surface area contributed by atoms with Crippen molar-refractivity contribution in [2.75, 3.05) is 6.61 Å². The Morgan fingerprint density at radius 3 is 3.18 bits per heavy atom. The predicted molar refractivity (Wildman–Crippen MR) is 34.6 cm³/mol. The summed E-state index contributed by atoms with van der Waals surface area (Å²) in [4.78, 5) is 26.6. The lowest BCUT2D eigenvalue weighted by Gasteiger charge is -1.93. The standard InChI is InChI=1S/C6H5N2O3/c9-3-4-11-6(10)5-7-1-2-8-5/h1-2H,4H2,(H,7,8). The molecule has 0 atom stereocenters. The number of rotatable bonds is 3. The van der Waals surface area contributed by atoms with Gasteiger partial charge < -0.3 is 9.72 Å². The molecule has 1 rings (SSSR count). The Morgan fingerprint density at radius 1 is 1.82 bits per heavy atom. The van der Waals surface area contributed by atoms with Crippen LogP contribution in [0.15, 0.2) is 12.4 Å². The van der Waals surface area contributed by atoms with E-state index < -0.39 is 5.97 Å². The van der Waals surface area contributed by atoms with E-state index in [1.165, 1.54) is 18.7 Å². The number of H-pyrrole nitrogens is 1. The Morgan fingerprint density at radius 2 is 2.64 bits per heavy atom. The molecule has 0 aliphatic rings. The minimum atomic E-state index is -0.654. The van der Waals surface area contributed by atoms with Crippen LogP contribution in [0.25, 0.3) is 0 Å². The molecule has 0 saturated heterocycles. The minimum absolute atomic E-state index is 0.0836. The molecule has 1 aromatic rings. The van der Waals surface area contributed by atoms with Gasteiger partial charge in [-0.2, -0.15) is 0 Å². The summed E-state index contributed by atoms with van der Waals surface area (Å²) in [5.74, 6) is -0.571. The van der Waals surface area contributed by atoms with E-state index in [0.717, 1.165) is 0 Å². The first-order valence-corrected chi connectivity index (χ1v) is 2.86. The predicted octanol–water partition coefficient (Wildman–Crippen LogP) is -0.324. The van der Waals surface area contributed by atoms with Crippen molar-refractivity contribution >= 4 is 12.3 Å². The maximum absolute atomic E-state index is 10.8. The molecule has 0 aromatic carbocycles. The summed E-state index contributed by atoms with van der Waals surface area (Å²) >= 11 is 0. The largest absolute Gasteiger partial charge is 0.451 e. The molecule has 1 N–H and O–H groups in total. The van der Waals surface area contributed by atoms with Crippen molar-refractivity contribution in [1.29, 1.82) is 0 Å². The number of imidazole rings is 1. The molecule has 0 fully saturated rings. The molecule has 0 amide bonds. The Labute approximate surface area is 62.4 Å². The molecule has 1 radical (unpaired) electrons. The average Bonchev–Trinajstić information content (AvgIpc) is 2.52. The van der Waals surface area contributed by atoms with Crippen LogP contribution in [0.2, 0.25) is 0 Å². The van der Waals surface area contributed by atoms with Crippen molar-refractivity contribution in [2.45, 2.75) is 0 Å². The zero-order chi connectivity index (χ0) is 8.10. The second-order valence-electron chi connectivity index (χ2n) is 1.66. The lowest BCUT2D eigenvalue weighted by Crippen LogP contribution is -2.08. The number of aromatic nitrogens is 2. The maximum atomic E-state index is 10.8. The fourth-order valence-corrected chi connectivity index (χ4v) is 0.540. The Hall–Kier alpha value is -1.65. The summed E-state index contributed by atoms with van der Waals surface area (Å²) in [7, 11) is 0. The Kier molecular flexibility index (Phi) is 2.37. The van der Waals surface area contributed by atoms with Crippen LogP contribution >= 0.6 is 0 Å². The van der Waals surface area contributed by atoms with E-state index >= 15 is 0 Å². The molecule has 0 aliphatic carbocycles. The fourth-order valence-electron chi connectivity index (χ4n) is 0.540. The number of carbonyl (C=O) groups is 1. The average molecular weight is 153 g/mol. The number of hydrogen-bond donors (Lipinski definition) is 1. The molecule has 5 nitrogen and oxygen atoms in total. The third-order valence-corrected chi connectivity index (χ3v) is 0.954. The van der Waals surface area contributed by atoms with Gasteiger partial charge in [-0.3, -0.25) is 4.79 Å². The first kappa shape index (κ1) is 7.46. The molecular weight excluding hydrogens is 148 g/mol. The number of ether oxygens (including phenoxy) is 1. The number of esters is 1. The van der Waals surface area contributed by atoms with Crippen LogP contribution in [0.4, 0.5) is 0 Å². The summed E-state index contributed by atoms with van der Waals surface area (Å²) in [6.07, 6.45) is 4.33. The summed E-state index contributed by atoms with van der Waals surface area (Å²) in [5.41, 5.74) is 0. The molecule has 0 aliphatic heterocycles. The van der Waals surface area contributed by atoms with Crippen LogP contribution in [0.1, 0.15) is 10.6 Å². The van der Waals surface area contributed by atoms with Crippen molar-refractivity contribution in [2.24, 2.45) is 0 Å². The van der Waals surface area contributed by atoms with Gasteiger partial charge in [0.1, 0.15) is 0 Å². The van der Waals surface area contributed by atoms with E-state index in [4.69, 9.17) is 0 Å². The molecule has 0 saturated carbocycles. The molecule has 11 heavy (non-hydrogen) atoms. The Balaban J connectivity index is 2.49. The van der Waals surface area contributed by atoms with Gasteiger partial charge in [-0.05, 0) is 0 Å². The van der Waals surface area contributed by atoms with Gasteiger partial charge in [0.15, 0.2) is 6.61 Å². The normalized spacial score (nSPS) is 9.09. The molecule has 57 valence electrons. The summed E-state index contributed by atoms with van der Waals surface area (Å²) in [5, 5.41) is 0. The molecular formula is C6H5N2O3. The van der Waals surface area contributed by atoms with E-state index in [-0.39, 0.29) is 12.4 Å². The van der Waals surface area contributed by atoms with E-state index in [1.807, 2.05) is 0 Å². The molecule has 1 aromatic heterocycles. The monoisotopic (exact) mass is 153 g/mol. The maximum Gasteiger partial charge on any atom is 0.374 e. The zero-order valence-corrected chi connectivity index (χ0v) is 5.53. The fraction of sp³-hybridized carbons (Fsp3) is 0.167. The number of hydrogen-bond acceptors (Lipinski definition) is 4. The van der Waals surface area contributed by atoms with Crippen LogP contribution in [-0.4, -0.2) is 28.8 Å². The van der Waals surface area contributed by atoms with Crippen LogP contribution in [0.5, 0.6) is 0 Å². The van der Waals surface area contributed by atoms with Gasteiger partial charge in [0.25, 0.3) is 0 Å². The highest BCUT2D eigenvalue weighted by molar-refractivity contribution is 5.85. The second kappa shape index (κ2) is 3.50. The number of nitrogens with zero attached hydrogens (tertiary/aromatic N) is 1. The highest BCUT2D eigenvalue weighted by Crippen LogP contribution is 1.90. The van der Waals surface area contributed by atoms with Gasteiger partial charge in [0, 0.05) is 12.4 Å². The SMILES string of the molecule is O=[C]COC(=O)c1ncc[nH]1. The Bertz CT molecular complexity index is 242. The van der Waals surface area contributed by atoms with Crippen LogP contribution in [0, 0.1) is 0 Å². The molecule has 0 unspecified atom stereocenters. The van der Waals surface area contributed by atoms with Gasteiger partial charge in [0.05, 0.1) is 0 Å². The van der Waals surface area contributed by atoms with Gasteiger partial charge >= 0.3 is 5.97 Å². The van der Waals surface area contributed by atoms with Crippen molar-refractivity contribution in [1.82, 2.24) is 9.97 Å². The van der Waals surface area contributed by atoms with Crippen molar-refractivity contribution in [3.63, 3.8) is 0 Å². The second-order valence-corrected chi connectivity index (χ2v) is 1.66. The minimum Gasteiger partial charge on any atom is -0.451 e. The van der Waals surface area contributed by atoms with Gasteiger partial charge in [0.2, 0.25) is 12.1 Å². The third-order valence-electron chi connectivity index (χ3n) is 0.954. The first-order chi connectivity index (χ1) is 5.34. The lowest BCUT2D eigenvalue weighted by atomic mass is 10.6. The highest BCUT2D eigenvalue weighted by atomic mass is 16.5. The highest BCUT2D eigenvalue weighted by Gasteiger charge is 2.07. The van der Waals surface area contributed by atoms with Crippen LogP contribution < -0.4 is 0 Å². The van der Waals surface area contributed by atoms with Gasteiger partial charge in [-0.15, -0.1) is 0 Å². The quantitative estimate of drug-likeness (QED) is 0.604. The summed E-state index contributed by atoms with van der Waals surface area (Å²) in [6, 6.07) is 0. The van der Waals surface area contributed by atoms with Crippen molar-refractivity contribution in [3.8, 4) is 0 Å². The number of nitrogens with one attached hydrogen (secondary N) is 1. The first-order valence-electron chi connectivity index (χ1n) is 2.86. The lowest BCUT2D eigenvalue weighted by molar-refractivity contribution is 0.0548. The number of aromatic amines is 1. The van der Waals surface area contributed by atoms with Gasteiger partial charge in [-0.25, -0.2) is 9.78 Å². The van der Waals surface area contributed by atoms with Crippen molar-refractivity contribution in [3.05, 3.63) is 18.2 Å². The molecule has 5 heteroatoms. The summed E-state index contributed by atoms with van der Waals surface area (Å²) < 4.78 is 4.38. The summed E-state index contributed by atoms with van der Waals surface area (Å²) in [6.45, 7) is -0.362. The van der Waals surface area contributed by atoms with Crippen LogP contribution in [0.3, 0.4) is 0 Å². The zero-order valence-electron chi connectivity index (χ0n) is 5.53. The van der Waals surface area contributed by atoms with Crippen molar-refractivity contribution < 1.29 is 14.3 Å². The van der Waals surface area contributed by atoms with E-state index in [9.17, 15) is 9.59 Å². The van der Waals surface area contributed by atoms with Gasteiger partial charge in [-0.1, -0.05) is 0 Å². The molecule has 0 bridgehead atoms. The van der Waals surface area contributed by atoms with Crippen LogP contribution in [-0.2, 0) is 9.53 Å².